The Hall–Kier alpha value is -5.93. The molecule has 26 heteroatoms. The molecule has 0 amide bonds. The summed E-state index contributed by atoms with van der Waals surface area (Å²) in [4.78, 5) is 53.6. The van der Waals surface area contributed by atoms with Gasteiger partial charge < -0.3 is 40.7 Å². The number of hydrogen-bond donors (Lipinski definition) is 6. The van der Waals surface area contributed by atoms with Gasteiger partial charge in [-0.15, -0.1) is 11.6 Å². The number of ether oxygens (including phenoxy) is 2. The number of nitrogens with zero attached hydrogens (tertiary/aromatic N) is 5. The number of carbonyl (C=O) groups is 2. The minimum absolute atomic E-state index is 0.0613. The number of nitrogens with two attached hydrogens (primary N) is 1. The largest absolute Gasteiger partial charge is 0.457 e. The van der Waals surface area contributed by atoms with E-state index in [1.165, 1.54) is 38.5 Å². The number of alkyl halides is 2. The lowest BCUT2D eigenvalue weighted by atomic mass is 10.0. The summed E-state index contributed by atoms with van der Waals surface area (Å²) in [7, 11) is -2.15. The summed E-state index contributed by atoms with van der Waals surface area (Å²) in [6, 6.07) is 28.4. The minimum Gasteiger partial charge on any atom is -0.457 e. The van der Waals surface area contributed by atoms with Crippen molar-refractivity contribution in [1.29, 1.82) is 0 Å². The second-order valence-corrected chi connectivity index (χ2v) is 21.7. The molecule has 0 radical (unpaired) electrons. The number of rotatable bonds is 22. The minimum atomic E-state index is -3.54. The Morgan fingerprint density at radius 2 is 1.09 bits per heavy atom. The standard InChI is InChI=1S/C23H20ClN5O4S.C21H18ClN5O2.C6H15N.C2H4Cl2O2S.CH3I/c1-2-34(31,32)29-11-10-25-22-20-18(13-26-23(20)28-14-27-22)21(30)17-9-8-16(12-19(17)24)33-15-6-4-3-5-7-15;22-17-10-14(29-13-4-2-1-3-5-13)6-7-15(17)19(28)16-11-25-21-18(16)20(24-9-8-23)26-12-27-21;1-4-7(5-2)6-3;3-1-2-7(4,5)6;1-2/h2-9,12-14,29H,1,10-11H2,(H2,25,26,27,28);1-7,10-12H,8-9,23H2,(H2,24,25,26,27);4-6H2,1-3H3;1-2H2;1H3. The first-order valence-electron chi connectivity index (χ1n) is 24.1. The lowest BCUT2D eigenvalue weighted by molar-refractivity contribution is 0.103. The van der Waals surface area contributed by atoms with Crippen molar-refractivity contribution in [1.82, 2.24) is 39.5 Å². The average molecular weight is 1310 g/mol. The molecule has 0 aliphatic heterocycles. The van der Waals surface area contributed by atoms with Crippen LogP contribution in [0.15, 0.2) is 134 Å². The van der Waals surface area contributed by atoms with E-state index in [-0.39, 0.29) is 46.9 Å². The lowest BCUT2D eigenvalue weighted by Gasteiger charge is -2.13. The Morgan fingerprint density at radius 3 is 1.43 bits per heavy atom. The van der Waals surface area contributed by atoms with Gasteiger partial charge in [0, 0.05) is 83.8 Å². The molecule has 0 aliphatic carbocycles. The van der Waals surface area contributed by atoms with Crippen LogP contribution in [0.2, 0.25) is 10.0 Å². The van der Waals surface area contributed by atoms with Gasteiger partial charge in [0.15, 0.2) is 11.6 Å². The van der Waals surface area contributed by atoms with Crippen molar-refractivity contribution >= 4 is 132 Å². The van der Waals surface area contributed by atoms with Gasteiger partial charge in [-0.2, -0.15) is 0 Å². The van der Waals surface area contributed by atoms with Crippen LogP contribution in [-0.2, 0) is 19.1 Å². The molecule has 79 heavy (non-hydrogen) atoms. The van der Waals surface area contributed by atoms with Crippen molar-refractivity contribution in [2.45, 2.75) is 20.8 Å². The first kappa shape index (κ1) is 65.6. The molecule has 0 fully saturated rings. The van der Waals surface area contributed by atoms with Crippen molar-refractivity contribution in [3.8, 4) is 23.0 Å². The summed E-state index contributed by atoms with van der Waals surface area (Å²) < 4.78 is 56.7. The molecule has 0 saturated carbocycles. The summed E-state index contributed by atoms with van der Waals surface area (Å²) in [5.74, 6) is 2.65. The van der Waals surface area contributed by atoms with Gasteiger partial charge in [-0.3, -0.25) is 9.59 Å². The Balaban J connectivity index is 0.000000269. The number of aromatic nitrogens is 6. The number of hydrogen-bond acceptors (Lipinski definition) is 16. The van der Waals surface area contributed by atoms with Crippen molar-refractivity contribution < 1.29 is 35.9 Å². The maximum atomic E-state index is 13.3. The van der Waals surface area contributed by atoms with E-state index < -0.39 is 19.1 Å². The number of nitrogens with one attached hydrogen (secondary N) is 5. The van der Waals surface area contributed by atoms with Crippen LogP contribution in [-0.4, -0.2) is 126 Å². The van der Waals surface area contributed by atoms with Crippen LogP contribution in [0.5, 0.6) is 23.0 Å². The molecule has 0 atom stereocenters. The van der Waals surface area contributed by atoms with Crippen molar-refractivity contribution in [2.75, 3.05) is 73.0 Å². The molecule has 7 N–H and O–H groups in total. The monoisotopic (exact) mass is 1310 g/mol. The van der Waals surface area contributed by atoms with Crippen molar-refractivity contribution in [3.63, 3.8) is 0 Å². The number of ketones is 2. The molecular weight excluding hydrogens is 1250 g/mol. The number of sulfonamides is 1. The van der Waals surface area contributed by atoms with Gasteiger partial charge in [-0.25, -0.2) is 41.5 Å². The van der Waals surface area contributed by atoms with Crippen LogP contribution in [0.4, 0.5) is 11.6 Å². The highest BCUT2D eigenvalue weighted by atomic mass is 127. The number of fused-ring (bicyclic) bond motifs is 2. The third-order valence-corrected chi connectivity index (χ3v) is 14.0. The normalized spacial score (nSPS) is 10.9. The average Bonchev–Trinajstić information content (AvgIpc) is 4.13. The number of para-hydroxylation sites is 2. The van der Waals surface area contributed by atoms with E-state index in [0.717, 1.165) is 5.41 Å². The van der Waals surface area contributed by atoms with E-state index in [1.807, 2.05) is 65.6 Å². The molecule has 0 spiro atoms. The van der Waals surface area contributed by atoms with Gasteiger partial charge in [0.05, 0.1) is 37.7 Å². The highest BCUT2D eigenvalue weighted by molar-refractivity contribution is 14.1. The van der Waals surface area contributed by atoms with Gasteiger partial charge in [0.25, 0.3) is 0 Å². The Kier molecular flexibility index (Phi) is 27.9. The zero-order chi connectivity index (χ0) is 58.0. The molecular formula is C53H60Cl4IN11O8S2. The molecule has 8 rings (SSSR count). The Morgan fingerprint density at radius 1 is 0.658 bits per heavy atom. The lowest BCUT2D eigenvalue weighted by Crippen LogP contribution is -2.27. The number of aromatic amines is 2. The molecule has 0 bridgehead atoms. The van der Waals surface area contributed by atoms with Crippen molar-refractivity contribution in [3.05, 3.63) is 166 Å². The zero-order valence-electron chi connectivity index (χ0n) is 43.5. The summed E-state index contributed by atoms with van der Waals surface area (Å²) >= 11 is 20.0. The fourth-order valence-electron chi connectivity index (χ4n) is 6.96. The summed E-state index contributed by atoms with van der Waals surface area (Å²) in [5, 5.41) is 8.59. The zero-order valence-corrected chi connectivity index (χ0v) is 50.3. The molecule has 0 aliphatic rings. The maximum absolute atomic E-state index is 13.3. The number of carbonyl (C=O) groups excluding carboxylic acids is 2. The molecule has 8 aromatic rings. The third-order valence-electron chi connectivity index (χ3n) is 10.8. The Bertz CT molecular complexity index is 3450. The van der Waals surface area contributed by atoms with Crippen LogP contribution in [0.25, 0.3) is 22.1 Å². The molecule has 0 unspecified atom stereocenters. The van der Waals surface area contributed by atoms with Gasteiger partial charge in [0.2, 0.25) is 19.1 Å². The van der Waals surface area contributed by atoms with Crippen LogP contribution < -0.4 is 30.6 Å². The van der Waals surface area contributed by atoms with E-state index >= 15 is 0 Å². The van der Waals surface area contributed by atoms with E-state index in [1.54, 1.807) is 42.6 Å². The van der Waals surface area contributed by atoms with Crippen LogP contribution in [0, 0.1) is 0 Å². The summed E-state index contributed by atoms with van der Waals surface area (Å²) in [6.45, 7) is 14.7. The van der Waals surface area contributed by atoms with Gasteiger partial charge in [-0.1, -0.05) is 110 Å². The molecule has 19 nitrogen and oxygen atoms in total. The highest BCUT2D eigenvalue weighted by Crippen LogP contribution is 2.33. The quantitative estimate of drug-likeness (QED) is 0.0121. The van der Waals surface area contributed by atoms with Crippen LogP contribution >= 0.6 is 68.1 Å². The second-order valence-electron chi connectivity index (χ2n) is 15.9. The first-order chi connectivity index (χ1) is 38.0. The predicted octanol–water partition coefficient (Wildman–Crippen LogP) is 11.3. The van der Waals surface area contributed by atoms with Crippen molar-refractivity contribution in [2.24, 2.45) is 5.73 Å². The molecule has 4 aromatic carbocycles. The maximum Gasteiger partial charge on any atom is 0.233 e. The van der Waals surface area contributed by atoms with E-state index in [0.29, 0.717) is 91.5 Å². The number of anilines is 2. The highest BCUT2D eigenvalue weighted by Gasteiger charge is 2.23. The summed E-state index contributed by atoms with van der Waals surface area (Å²) in [6.07, 6.45) is 5.92. The van der Waals surface area contributed by atoms with Gasteiger partial charge in [0.1, 0.15) is 58.6 Å². The molecule has 422 valence electrons. The fraction of sp³-hybridized carbons (Fsp3) is 0.245. The molecule has 0 saturated heterocycles. The topological polar surface area (TPSA) is 269 Å². The number of H-pyrrole nitrogens is 2. The SMILES string of the molecule is C=CS(=O)(=O)NCCNc1ncnc2[nH]cc(C(=O)c3ccc(Oc4ccccc4)cc3Cl)c12.CCN(CC)CC.CI.NCCNc1ncnc2[nH]cc(C(=O)c3ccc(Oc4ccccc4)cc3Cl)c12.O=S(=O)(Cl)CCCl. The van der Waals surface area contributed by atoms with E-state index in [2.05, 4.69) is 100 Å². The van der Waals surface area contributed by atoms with Crippen LogP contribution in [0.1, 0.15) is 52.6 Å². The van der Waals surface area contributed by atoms with Crippen LogP contribution in [0.3, 0.4) is 0 Å². The fourth-order valence-corrected chi connectivity index (χ4v) is 9.24. The third kappa shape index (κ3) is 20.6. The molecule has 4 heterocycles. The second kappa shape index (κ2) is 33.6. The predicted molar refractivity (Wildman–Crippen MR) is 327 cm³/mol. The molecule has 4 aromatic heterocycles. The number of benzene rings is 4. The van der Waals surface area contributed by atoms with E-state index in [4.69, 9.17) is 60.7 Å². The van der Waals surface area contributed by atoms with Gasteiger partial charge >= 0.3 is 0 Å². The number of halogens is 5. The summed E-state index contributed by atoms with van der Waals surface area (Å²) in [5.41, 5.74) is 7.98. The Labute approximate surface area is 493 Å². The van der Waals surface area contributed by atoms with Gasteiger partial charge in [-0.05, 0) is 73.1 Å². The smallest absolute Gasteiger partial charge is 0.233 e. The first-order valence-corrected chi connectivity index (χ1v) is 31.6. The van der Waals surface area contributed by atoms with E-state index in [9.17, 15) is 26.4 Å².